The average molecular weight is 249 g/mol. The summed E-state index contributed by atoms with van der Waals surface area (Å²) in [4.78, 5) is 15.5. The summed E-state index contributed by atoms with van der Waals surface area (Å²) < 4.78 is 1.35. The van der Waals surface area contributed by atoms with Crippen LogP contribution in [0, 0.1) is 5.92 Å². The van der Waals surface area contributed by atoms with Crippen molar-refractivity contribution in [2.45, 2.75) is 25.3 Å². The molecule has 18 heavy (non-hydrogen) atoms. The zero-order valence-corrected chi connectivity index (χ0v) is 9.83. The van der Waals surface area contributed by atoms with E-state index in [0.29, 0.717) is 11.5 Å². The molecule has 0 amide bonds. The lowest BCUT2D eigenvalue weighted by atomic mass is 10.1. The second-order valence-electron chi connectivity index (χ2n) is 4.66. The molecule has 7 nitrogen and oxygen atoms in total. The van der Waals surface area contributed by atoms with Crippen molar-refractivity contribution >= 4 is 11.5 Å². The van der Waals surface area contributed by atoms with Gasteiger partial charge in [-0.15, -0.1) is 0 Å². The predicted molar refractivity (Wildman–Crippen MR) is 65.4 cm³/mol. The lowest BCUT2D eigenvalue weighted by molar-refractivity contribution is 0.222. The summed E-state index contributed by atoms with van der Waals surface area (Å²) in [6.45, 7) is 0.196. The first kappa shape index (κ1) is 11.2. The maximum atomic E-state index is 11.3. The van der Waals surface area contributed by atoms with Crippen molar-refractivity contribution in [3.8, 4) is 0 Å². The Kier molecular flexibility index (Phi) is 2.75. The van der Waals surface area contributed by atoms with E-state index >= 15 is 0 Å². The molecular weight excluding hydrogens is 234 g/mol. The molecule has 2 atom stereocenters. The molecule has 1 aliphatic rings. The number of nitrogens with zero attached hydrogens (tertiary/aromatic N) is 3. The van der Waals surface area contributed by atoms with Crippen LogP contribution >= 0.6 is 0 Å². The Hall–Kier alpha value is -1.89. The number of aliphatic hydroxyl groups is 1. The van der Waals surface area contributed by atoms with Crippen molar-refractivity contribution in [1.82, 2.24) is 19.6 Å². The van der Waals surface area contributed by atoms with Gasteiger partial charge in [0.15, 0.2) is 5.65 Å². The molecule has 0 bridgehead atoms. The summed E-state index contributed by atoms with van der Waals surface area (Å²) >= 11 is 0. The summed E-state index contributed by atoms with van der Waals surface area (Å²) in [5.41, 5.74) is 0.245. The van der Waals surface area contributed by atoms with Crippen molar-refractivity contribution in [3.05, 3.63) is 22.9 Å². The highest BCUT2D eigenvalue weighted by Gasteiger charge is 2.26. The van der Waals surface area contributed by atoms with E-state index in [1.807, 2.05) is 0 Å². The van der Waals surface area contributed by atoms with Crippen LogP contribution in [0.4, 0.5) is 5.82 Å². The maximum Gasteiger partial charge on any atom is 0.348 e. The van der Waals surface area contributed by atoms with E-state index in [0.717, 1.165) is 19.3 Å². The van der Waals surface area contributed by atoms with Crippen molar-refractivity contribution in [2.75, 3.05) is 11.9 Å². The topological polar surface area (TPSA) is 95.3 Å². The van der Waals surface area contributed by atoms with Crippen LogP contribution in [0.5, 0.6) is 0 Å². The highest BCUT2D eigenvalue weighted by Crippen LogP contribution is 2.27. The molecule has 1 aliphatic carbocycles. The first-order chi connectivity index (χ1) is 8.78. The Labute approximate surface area is 103 Å². The monoisotopic (exact) mass is 249 g/mol. The largest absolute Gasteiger partial charge is 0.396 e. The van der Waals surface area contributed by atoms with Gasteiger partial charge in [-0.05, 0) is 12.8 Å². The first-order valence-electron chi connectivity index (χ1n) is 6.08. The minimum absolute atomic E-state index is 0.196. The number of aromatic nitrogens is 4. The van der Waals surface area contributed by atoms with Crippen LogP contribution in [0.3, 0.4) is 0 Å². The van der Waals surface area contributed by atoms with Gasteiger partial charge in [0.1, 0.15) is 12.1 Å². The SMILES string of the molecule is O=c1[nH]nc2cc(NC3CCCC3CO)ncn12. The van der Waals surface area contributed by atoms with Crippen molar-refractivity contribution in [2.24, 2.45) is 5.92 Å². The Balaban J connectivity index is 1.84. The van der Waals surface area contributed by atoms with E-state index in [1.165, 1.54) is 10.7 Å². The van der Waals surface area contributed by atoms with Gasteiger partial charge in [-0.3, -0.25) is 0 Å². The first-order valence-corrected chi connectivity index (χ1v) is 6.08. The maximum absolute atomic E-state index is 11.3. The summed E-state index contributed by atoms with van der Waals surface area (Å²) in [5, 5.41) is 18.8. The molecule has 1 fully saturated rings. The second kappa shape index (κ2) is 4.41. The molecule has 0 spiro atoms. The van der Waals surface area contributed by atoms with Crippen molar-refractivity contribution < 1.29 is 5.11 Å². The number of fused-ring (bicyclic) bond motifs is 1. The molecule has 1 saturated carbocycles. The molecular formula is C11H15N5O2. The Morgan fingerprint density at radius 1 is 1.56 bits per heavy atom. The third kappa shape index (κ3) is 1.86. The van der Waals surface area contributed by atoms with Gasteiger partial charge in [0.05, 0.1) is 0 Å². The van der Waals surface area contributed by atoms with Gasteiger partial charge in [-0.1, -0.05) is 6.42 Å². The normalized spacial score (nSPS) is 23.6. The molecule has 0 aromatic carbocycles. The van der Waals surface area contributed by atoms with E-state index < -0.39 is 0 Å². The number of hydrogen-bond acceptors (Lipinski definition) is 5. The quantitative estimate of drug-likeness (QED) is 0.711. The van der Waals surface area contributed by atoms with Crippen LogP contribution in [-0.4, -0.2) is 37.3 Å². The minimum Gasteiger partial charge on any atom is -0.396 e. The molecule has 96 valence electrons. The molecule has 0 saturated heterocycles. The van der Waals surface area contributed by atoms with Gasteiger partial charge in [-0.25, -0.2) is 19.3 Å². The van der Waals surface area contributed by atoms with Gasteiger partial charge in [0.25, 0.3) is 0 Å². The highest BCUT2D eigenvalue weighted by molar-refractivity contribution is 5.48. The van der Waals surface area contributed by atoms with Gasteiger partial charge in [0.2, 0.25) is 0 Å². The van der Waals surface area contributed by atoms with Gasteiger partial charge < -0.3 is 10.4 Å². The van der Waals surface area contributed by atoms with Crippen LogP contribution in [-0.2, 0) is 0 Å². The highest BCUT2D eigenvalue weighted by atomic mass is 16.3. The number of hydrogen-bond donors (Lipinski definition) is 3. The Morgan fingerprint density at radius 3 is 3.28 bits per heavy atom. The van der Waals surface area contributed by atoms with Crippen LogP contribution in [0.1, 0.15) is 19.3 Å². The van der Waals surface area contributed by atoms with E-state index in [9.17, 15) is 9.90 Å². The van der Waals surface area contributed by atoms with E-state index in [-0.39, 0.29) is 24.3 Å². The smallest absolute Gasteiger partial charge is 0.348 e. The lowest BCUT2D eigenvalue weighted by Gasteiger charge is -2.19. The van der Waals surface area contributed by atoms with Crippen LogP contribution in [0.25, 0.3) is 5.65 Å². The van der Waals surface area contributed by atoms with E-state index in [2.05, 4.69) is 20.5 Å². The second-order valence-corrected chi connectivity index (χ2v) is 4.66. The molecule has 0 aliphatic heterocycles. The van der Waals surface area contributed by atoms with Crippen LogP contribution in [0.15, 0.2) is 17.2 Å². The zero-order chi connectivity index (χ0) is 12.5. The van der Waals surface area contributed by atoms with Crippen molar-refractivity contribution in [3.63, 3.8) is 0 Å². The minimum atomic E-state index is -0.293. The number of aromatic amines is 1. The third-order valence-electron chi connectivity index (χ3n) is 3.54. The number of anilines is 1. The fourth-order valence-corrected chi connectivity index (χ4v) is 2.52. The number of aliphatic hydroxyl groups excluding tert-OH is 1. The zero-order valence-electron chi connectivity index (χ0n) is 9.83. The third-order valence-corrected chi connectivity index (χ3v) is 3.54. The number of rotatable bonds is 3. The van der Waals surface area contributed by atoms with Gasteiger partial charge in [0, 0.05) is 24.6 Å². The standard InChI is InChI=1S/C11H15N5O2/c17-5-7-2-1-3-8(7)13-9-4-10-14-15-11(18)16(10)6-12-9/h4,6-8,13,17H,1-3,5H2,(H,15,18). The molecule has 7 heteroatoms. The molecule has 2 unspecified atom stereocenters. The summed E-state index contributed by atoms with van der Waals surface area (Å²) in [5.74, 6) is 0.969. The van der Waals surface area contributed by atoms with Gasteiger partial charge in [-0.2, -0.15) is 5.10 Å². The molecule has 2 heterocycles. The van der Waals surface area contributed by atoms with Crippen molar-refractivity contribution in [1.29, 1.82) is 0 Å². The molecule has 2 aromatic rings. The molecule has 2 aromatic heterocycles. The molecule has 0 radical (unpaired) electrons. The van der Waals surface area contributed by atoms with Crippen LogP contribution < -0.4 is 11.0 Å². The molecule has 3 rings (SSSR count). The lowest BCUT2D eigenvalue weighted by Crippen LogP contribution is -2.26. The number of nitrogens with one attached hydrogen (secondary N) is 2. The summed E-state index contributed by atoms with van der Waals surface area (Å²) in [6, 6.07) is 1.97. The summed E-state index contributed by atoms with van der Waals surface area (Å²) in [7, 11) is 0. The fraction of sp³-hybridized carbons (Fsp3) is 0.545. The van der Waals surface area contributed by atoms with E-state index in [4.69, 9.17) is 0 Å². The Bertz CT molecular complexity index is 605. The van der Waals surface area contributed by atoms with Crippen LogP contribution in [0.2, 0.25) is 0 Å². The molecule has 3 N–H and O–H groups in total. The Morgan fingerprint density at radius 2 is 2.44 bits per heavy atom. The fourth-order valence-electron chi connectivity index (χ4n) is 2.52. The van der Waals surface area contributed by atoms with E-state index in [1.54, 1.807) is 6.07 Å². The average Bonchev–Trinajstić information content (AvgIpc) is 2.97. The number of H-pyrrole nitrogens is 1. The van der Waals surface area contributed by atoms with Gasteiger partial charge >= 0.3 is 5.69 Å². The summed E-state index contributed by atoms with van der Waals surface area (Å²) in [6.07, 6.45) is 4.64. The predicted octanol–water partition coefficient (Wildman–Crippen LogP) is -0.00950.